The van der Waals surface area contributed by atoms with E-state index in [1.165, 1.54) is 5.69 Å². The van der Waals surface area contributed by atoms with Gasteiger partial charge in [-0.15, -0.1) is 0 Å². The van der Waals surface area contributed by atoms with Gasteiger partial charge < -0.3 is 19.9 Å². The Morgan fingerprint density at radius 1 is 1.10 bits per heavy atom. The number of methoxy groups -OCH3 is 1. The first kappa shape index (κ1) is 16.8. The molecule has 0 fully saturated rings. The molecule has 0 aliphatic heterocycles. The lowest BCUT2D eigenvalue weighted by Crippen LogP contribution is -2.35. The van der Waals surface area contributed by atoms with Crippen molar-refractivity contribution in [2.75, 3.05) is 58.3 Å². The fraction of sp³-hybridized carbons (Fsp3) is 0.625. The molecule has 1 N–H and O–H groups in total. The van der Waals surface area contributed by atoms with Crippen molar-refractivity contribution < 1.29 is 4.74 Å². The molecule has 1 rings (SSSR count). The molecular formula is C16H29N3O. The van der Waals surface area contributed by atoms with Crippen LogP contribution in [0.25, 0.3) is 0 Å². The molecule has 4 heteroatoms. The molecule has 0 bridgehead atoms. The second kappa shape index (κ2) is 9.61. The second-order valence-corrected chi connectivity index (χ2v) is 4.90. The van der Waals surface area contributed by atoms with Gasteiger partial charge in [-0.3, -0.25) is 0 Å². The molecule has 0 radical (unpaired) electrons. The first-order valence-electron chi connectivity index (χ1n) is 7.49. The molecule has 0 saturated carbocycles. The average molecular weight is 279 g/mol. The van der Waals surface area contributed by atoms with Gasteiger partial charge in [0, 0.05) is 45.0 Å². The van der Waals surface area contributed by atoms with Crippen LogP contribution < -0.4 is 15.0 Å². The van der Waals surface area contributed by atoms with Crippen LogP contribution in [0, 0.1) is 0 Å². The lowest BCUT2D eigenvalue weighted by atomic mass is 10.3. The zero-order valence-electron chi connectivity index (χ0n) is 13.4. The summed E-state index contributed by atoms with van der Waals surface area (Å²) in [5, 5.41) is 3.50. The fourth-order valence-electron chi connectivity index (χ4n) is 2.13. The van der Waals surface area contributed by atoms with E-state index in [0.717, 1.165) is 45.0 Å². The summed E-state index contributed by atoms with van der Waals surface area (Å²) in [6.45, 7) is 10.8. The van der Waals surface area contributed by atoms with Crippen molar-refractivity contribution in [2.45, 2.75) is 13.8 Å². The largest absolute Gasteiger partial charge is 0.497 e. The summed E-state index contributed by atoms with van der Waals surface area (Å²) in [5.74, 6) is 0.906. The van der Waals surface area contributed by atoms with Gasteiger partial charge in [0.25, 0.3) is 0 Å². The Labute approximate surface area is 123 Å². The second-order valence-electron chi connectivity index (χ2n) is 4.90. The minimum atomic E-state index is 0.906. The molecule has 0 aliphatic rings. The molecule has 0 amide bonds. The van der Waals surface area contributed by atoms with Crippen molar-refractivity contribution in [2.24, 2.45) is 0 Å². The molecular weight excluding hydrogens is 250 g/mol. The summed E-state index contributed by atoms with van der Waals surface area (Å²) in [6, 6.07) is 8.17. The third kappa shape index (κ3) is 5.80. The van der Waals surface area contributed by atoms with Crippen LogP contribution in [0.3, 0.4) is 0 Å². The standard InChI is InChI=1S/C16H29N3O/c1-5-19(6-2)13-11-17-10-12-18(3)15-8-7-9-16(14-15)20-4/h7-9,14,17H,5-6,10-13H2,1-4H3. The van der Waals surface area contributed by atoms with Gasteiger partial charge in [0.15, 0.2) is 0 Å². The maximum absolute atomic E-state index is 5.25. The van der Waals surface area contributed by atoms with Crippen LogP contribution >= 0.6 is 0 Å². The first-order chi connectivity index (χ1) is 9.71. The summed E-state index contributed by atoms with van der Waals surface area (Å²) in [7, 11) is 3.81. The van der Waals surface area contributed by atoms with Crippen LogP contribution in [0.5, 0.6) is 5.75 Å². The van der Waals surface area contributed by atoms with Gasteiger partial charge in [-0.25, -0.2) is 0 Å². The van der Waals surface area contributed by atoms with Crippen molar-refractivity contribution in [1.29, 1.82) is 0 Å². The Kier molecular flexibility index (Phi) is 8.07. The zero-order chi connectivity index (χ0) is 14.8. The summed E-state index contributed by atoms with van der Waals surface area (Å²) in [4.78, 5) is 4.67. The summed E-state index contributed by atoms with van der Waals surface area (Å²) in [5.41, 5.74) is 1.19. The predicted octanol–water partition coefficient (Wildman–Crippen LogP) is 2.06. The lowest BCUT2D eigenvalue weighted by Gasteiger charge is -2.21. The van der Waals surface area contributed by atoms with E-state index in [1.807, 2.05) is 12.1 Å². The van der Waals surface area contributed by atoms with Gasteiger partial charge in [0.05, 0.1) is 7.11 Å². The average Bonchev–Trinajstić information content (AvgIpc) is 2.50. The predicted molar refractivity (Wildman–Crippen MR) is 86.9 cm³/mol. The van der Waals surface area contributed by atoms with Gasteiger partial charge in [-0.2, -0.15) is 0 Å². The van der Waals surface area contributed by atoms with Crippen molar-refractivity contribution in [1.82, 2.24) is 10.2 Å². The number of ether oxygens (including phenoxy) is 1. The number of rotatable bonds is 10. The Morgan fingerprint density at radius 3 is 2.45 bits per heavy atom. The van der Waals surface area contributed by atoms with Crippen LogP contribution in [0.15, 0.2) is 24.3 Å². The monoisotopic (exact) mass is 279 g/mol. The molecule has 0 aliphatic carbocycles. The molecule has 0 atom stereocenters. The van der Waals surface area contributed by atoms with Gasteiger partial charge in [0.2, 0.25) is 0 Å². The molecule has 4 nitrogen and oxygen atoms in total. The maximum atomic E-state index is 5.25. The third-order valence-corrected chi connectivity index (χ3v) is 3.62. The number of hydrogen-bond donors (Lipinski definition) is 1. The van der Waals surface area contributed by atoms with Crippen LogP contribution in [0.2, 0.25) is 0 Å². The van der Waals surface area contributed by atoms with Crippen LogP contribution in [0.4, 0.5) is 5.69 Å². The normalized spacial score (nSPS) is 10.8. The molecule has 0 aromatic heterocycles. The van der Waals surface area contributed by atoms with E-state index in [-0.39, 0.29) is 0 Å². The van der Waals surface area contributed by atoms with Gasteiger partial charge in [-0.1, -0.05) is 19.9 Å². The quantitative estimate of drug-likeness (QED) is 0.664. The highest BCUT2D eigenvalue weighted by Gasteiger charge is 2.02. The fourth-order valence-corrected chi connectivity index (χ4v) is 2.13. The first-order valence-corrected chi connectivity index (χ1v) is 7.49. The Balaban J connectivity index is 2.24. The van der Waals surface area contributed by atoms with E-state index >= 15 is 0 Å². The number of nitrogens with one attached hydrogen (secondary N) is 1. The number of likely N-dealkylation sites (N-methyl/N-ethyl adjacent to an activating group) is 2. The number of anilines is 1. The number of nitrogens with zero attached hydrogens (tertiary/aromatic N) is 2. The summed E-state index contributed by atoms with van der Waals surface area (Å²) >= 11 is 0. The highest BCUT2D eigenvalue weighted by Crippen LogP contribution is 2.19. The summed E-state index contributed by atoms with van der Waals surface area (Å²) in [6.07, 6.45) is 0. The molecule has 1 aromatic carbocycles. The van der Waals surface area contributed by atoms with Crippen molar-refractivity contribution in [3.63, 3.8) is 0 Å². The number of hydrogen-bond acceptors (Lipinski definition) is 4. The van der Waals surface area contributed by atoms with E-state index in [1.54, 1.807) is 7.11 Å². The van der Waals surface area contributed by atoms with Crippen LogP contribution in [-0.2, 0) is 0 Å². The summed E-state index contributed by atoms with van der Waals surface area (Å²) < 4.78 is 5.25. The van der Waals surface area contributed by atoms with Gasteiger partial charge >= 0.3 is 0 Å². The lowest BCUT2D eigenvalue weighted by molar-refractivity contribution is 0.303. The Bertz CT molecular complexity index is 366. The van der Waals surface area contributed by atoms with E-state index in [2.05, 4.69) is 48.1 Å². The molecule has 114 valence electrons. The highest BCUT2D eigenvalue weighted by atomic mass is 16.5. The van der Waals surface area contributed by atoms with Crippen molar-refractivity contribution in [3.05, 3.63) is 24.3 Å². The van der Waals surface area contributed by atoms with Gasteiger partial charge in [-0.05, 0) is 25.2 Å². The van der Waals surface area contributed by atoms with Crippen molar-refractivity contribution in [3.8, 4) is 5.75 Å². The van der Waals surface area contributed by atoms with E-state index in [0.29, 0.717) is 0 Å². The van der Waals surface area contributed by atoms with Gasteiger partial charge in [0.1, 0.15) is 5.75 Å². The SMILES string of the molecule is CCN(CC)CCNCCN(C)c1cccc(OC)c1. The van der Waals surface area contributed by atoms with E-state index in [9.17, 15) is 0 Å². The zero-order valence-corrected chi connectivity index (χ0v) is 13.4. The highest BCUT2D eigenvalue weighted by molar-refractivity contribution is 5.50. The minimum absolute atomic E-state index is 0.906. The minimum Gasteiger partial charge on any atom is -0.497 e. The third-order valence-electron chi connectivity index (χ3n) is 3.62. The van der Waals surface area contributed by atoms with E-state index < -0.39 is 0 Å². The molecule has 0 spiro atoms. The Hall–Kier alpha value is -1.26. The van der Waals surface area contributed by atoms with Crippen LogP contribution in [-0.4, -0.2) is 58.3 Å². The molecule has 0 unspecified atom stereocenters. The topological polar surface area (TPSA) is 27.7 Å². The molecule has 20 heavy (non-hydrogen) atoms. The molecule has 0 saturated heterocycles. The maximum Gasteiger partial charge on any atom is 0.120 e. The smallest absolute Gasteiger partial charge is 0.120 e. The number of benzene rings is 1. The van der Waals surface area contributed by atoms with Crippen molar-refractivity contribution >= 4 is 5.69 Å². The van der Waals surface area contributed by atoms with Crippen LogP contribution in [0.1, 0.15) is 13.8 Å². The molecule has 1 aromatic rings. The molecule has 0 heterocycles. The van der Waals surface area contributed by atoms with E-state index in [4.69, 9.17) is 4.74 Å². The Morgan fingerprint density at radius 2 is 1.80 bits per heavy atom.